The van der Waals surface area contributed by atoms with E-state index in [1.54, 1.807) is 6.07 Å². The predicted octanol–water partition coefficient (Wildman–Crippen LogP) is 0.980. The van der Waals surface area contributed by atoms with Crippen LogP contribution in [0.2, 0.25) is 0 Å². The average Bonchev–Trinajstić information content (AvgIpc) is 3.01. The first-order valence-electron chi connectivity index (χ1n) is 7.46. The van der Waals surface area contributed by atoms with E-state index in [0.29, 0.717) is 11.4 Å². The zero-order chi connectivity index (χ0) is 14.7. The van der Waals surface area contributed by atoms with Gasteiger partial charge in [-0.1, -0.05) is 6.08 Å². The number of amides is 1. The number of nitrogens with two attached hydrogens (primary N) is 1. The molecule has 0 radical (unpaired) electrons. The average molecular weight is 287 g/mol. The maximum absolute atomic E-state index is 11.6. The molecule has 4 N–H and O–H groups in total. The first-order chi connectivity index (χ1) is 10.2. The lowest BCUT2D eigenvalue weighted by Gasteiger charge is -2.20. The Balaban J connectivity index is 1.89. The number of pyridine rings is 1. The minimum atomic E-state index is -0.449. The molecular formula is C15H21N5O. The van der Waals surface area contributed by atoms with Crippen molar-refractivity contribution in [3.63, 3.8) is 0 Å². The lowest BCUT2D eigenvalue weighted by Crippen LogP contribution is -2.29. The molecule has 112 valence electrons. The van der Waals surface area contributed by atoms with Crippen LogP contribution >= 0.6 is 0 Å². The molecule has 6 heteroatoms. The molecule has 0 unspecified atom stereocenters. The van der Waals surface area contributed by atoms with Gasteiger partial charge in [0.15, 0.2) is 5.82 Å². The van der Waals surface area contributed by atoms with Crippen molar-refractivity contribution in [2.24, 2.45) is 5.73 Å². The van der Waals surface area contributed by atoms with Crippen LogP contribution in [0.1, 0.15) is 35.3 Å². The lowest BCUT2D eigenvalue weighted by molar-refractivity contribution is 0.100. The number of aromatic nitrogens is 1. The third-order valence-electron chi connectivity index (χ3n) is 3.92. The summed E-state index contributed by atoms with van der Waals surface area (Å²) < 4.78 is 0. The number of nitrogens with zero attached hydrogens (tertiary/aromatic N) is 2. The summed E-state index contributed by atoms with van der Waals surface area (Å²) >= 11 is 0. The molecule has 3 heterocycles. The van der Waals surface area contributed by atoms with Crippen molar-refractivity contribution in [2.75, 3.05) is 31.6 Å². The Morgan fingerprint density at radius 2 is 2.14 bits per heavy atom. The van der Waals surface area contributed by atoms with E-state index in [-0.39, 0.29) is 0 Å². The molecule has 6 nitrogen and oxygen atoms in total. The highest BCUT2D eigenvalue weighted by molar-refractivity contribution is 5.97. The Bertz CT molecular complexity index is 563. The summed E-state index contributed by atoms with van der Waals surface area (Å²) in [5.41, 5.74) is 11.3. The van der Waals surface area contributed by atoms with E-state index in [2.05, 4.69) is 26.8 Å². The second kappa shape index (κ2) is 6.24. The smallest absolute Gasteiger partial charge is 0.252 e. The SMILES string of the molecule is NC(=O)c1ccc(C2=CCNCC2)nc1NN1CCCC1. The van der Waals surface area contributed by atoms with Crippen molar-refractivity contribution in [3.05, 3.63) is 29.5 Å². The van der Waals surface area contributed by atoms with Gasteiger partial charge in [-0.05, 0) is 43.5 Å². The van der Waals surface area contributed by atoms with E-state index in [9.17, 15) is 4.79 Å². The number of carbonyl (C=O) groups is 1. The van der Waals surface area contributed by atoms with Crippen LogP contribution in [-0.2, 0) is 0 Å². The highest BCUT2D eigenvalue weighted by Crippen LogP contribution is 2.23. The Morgan fingerprint density at radius 1 is 1.33 bits per heavy atom. The first-order valence-corrected chi connectivity index (χ1v) is 7.46. The number of anilines is 1. The summed E-state index contributed by atoms with van der Waals surface area (Å²) in [4.78, 5) is 16.2. The van der Waals surface area contributed by atoms with Gasteiger partial charge in [0.1, 0.15) is 0 Å². The molecule has 1 fully saturated rings. The lowest BCUT2D eigenvalue weighted by atomic mass is 10.0. The monoisotopic (exact) mass is 287 g/mol. The van der Waals surface area contributed by atoms with E-state index in [0.717, 1.165) is 51.1 Å². The fraction of sp³-hybridized carbons (Fsp3) is 0.467. The third-order valence-corrected chi connectivity index (χ3v) is 3.92. The Hall–Kier alpha value is -1.92. The van der Waals surface area contributed by atoms with Crippen LogP contribution in [0.15, 0.2) is 18.2 Å². The fourth-order valence-corrected chi connectivity index (χ4v) is 2.76. The number of hydrazine groups is 1. The van der Waals surface area contributed by atoms with Gasteiger partial charge < -0.3 is 16.5 Å². The van der Waals surface area contributed by atoms with Crippen molar-refractivity contribution in [3.8, 4) is 0 Å². The molecule has 0 atom stereocenters. The standard InChI is InChI=1S/C15H21N5O/c16-14(21)12-3-4-13(11-5-7-17-8-6-11)18-15(12)19-20-9-1-2-10-20/h3-5,17H,1-2,6-10H2,(H2,16,21)(H,18,19). The molecule has 21 heavy (non-hydrogen) atoms. The number of carbonyl (C=O) groups excluding carboxylic acids is 1. The predicted molar refractivity (Wildman–Crippen MR) is 82.6 cm³/mol. The minimum absolute atomic E-state index is 0.445. The summed E-state index contributed by atoms with van der Waals surface area (Å²) in [6, 6.07) is 3.65. The summed E-state index contributed by atoms with van der Waals surface area (Å²) in [6.45, 7) is 3.76. The molecule has 0 saturated carbocycles. The summed E-state index contributed by atoms with van der Waals surface area (Å²) in [5, 5.41) is 5.38. The Labute approximate surface area is 124 Å². The van der Waals surface area contributed by atoms with Crippen LogP contribution in [0.3, 0.4) is 0 Å². The highest BCUT2D eigenvalue weighted by Gasteiger charge is 2.18. The van der Waals surface area contributed by atoms with Crippen molar-refractivity contribution < 1.29 is 4.79 Å². The van der Waals surface area contributed by atoms with Crippen LogP contribution in [0.25, 0.3) is 5.57 Å². The number of rotatable bonds is 4. The molecule has 0 spiro atoms. The Morgan fingerprint density at radius 3 is 2.81 bits per heavy atom. The fourth-order valence-electron chi connectivity index (χ4n) is 2.76. The number of nitrogens with one attached hydrogen (secondary N) is 2. The van der Waals surface area contributed by atoms with E-state index < -0.39 is 5.91 Å². The first kappa shape index (κ1) is 14.0. The van der Waals surface area contributed by atoms with Crippen molar-refractivity contribution in [1.29, 1.82) is 0 Å². The van der Waals surface area contributed by atoms with Crippen molar-refractivity contribution in [2.45, 2.75) is 19.3 Å². The van der Waals surface area contributed by atoms with Gasteiger partial charge >= 0.3 is 0 Å². The summed E-state index contributed by atoms with van der Waals surface area (Å²) in [5.74, 6) is 0.122. The number of hydrogen-bond acceptors (Lipinski definition) is 5. The molecule has 1 aromatic rings. The third kappa shape index (κ3) is 3.22. The largest absolute Gasteiger partial charge is 0.365 e. The van der Waals surface area contributed by atoms with Gasteiger partial charge in [0.05, 0.1) is 11.3 Å². The van der Waals surface area contributed by atoms with Gasteiger partial charge in [0.25, 0.3) is 5.91 Å². The van der Waals surface area contributed by atoms with Gasteiger partial charge in [0.2, 0.25) is 0 Å². The molecule has 1 amide bonds. The molecule has 0 bridgehead atoms. The van der Waals surface area contributed by atoms with Crippen LogP contribution in [0.4, 0.5) is 5.82 Å². The van der Waals surface area contributed by atoms with E-state index in [1.807, 2.05) is 6.07 Å². The van der Waals surface area contributed by atoms with Crippen LogP contribution in [0, 0.1) is 0 Å². The molecule has 2 aliphatic heterocycles. The molecule has 0 aromatic carbocycles. The molecular weight excluding hydrogens is 266 g/mol. The Kier molecular flexibility index (Phi) is 4.17. The second-order valence-electron chi connectivity index (χ2n) is 5.45. The molecule has 1 aromatic heterocycles. The maximum Gasteiger partial charge on any atom is 0.252 e. The summed E-state index contributed by atoms with van der Waals surface area (Å²) in [7, 11) is 0. The van der Waals surface area contributed by atoms with Crippen LogP contribution in [-0.4, -0.2) is 42.1 Å². The number of primary amides is 1. The van der Waals surface area contributed by atoms with E-state index in [4.69, 9.17) is 5.73 Å². The van der Waals surface area contributed by atoms with E-state index in [1.165, 1.54) is 5.57 Å². The van der Waals surface area contributed by atoms with Crippen molar-refractivity contribution in [1.82, 2.24) is 15.3 Å². The normalized spacial score (nSPS) is 19.3. The van der Waals surface area contributed by atoms with Crippen LogP contribution < -0.4 is 16.5 Å². The zero-order valence-corrected chi connectivity index (χ0v) is 12.1. The highest BCUT2D eigenvalue weighted by atomic mass is 16.1. The molecule has 0 aliphatic carbocycles. The quantitative estimate of drug-likeness (QED) is 0.769. The van der Waals surface area contributed by atoms with Gasteiger partial charge in [-0.25, -0.2) is 9.99 Å². The van der Waals surface area contributed by atoms with Crippen LogP contribution in [0.5, 0.6) is 0 Å². The van der Waals surface area contributed by atoms with Gasteiger partial charge in [0, 0.05) is 19.6 Å². The van der Waals surface area contributed by atoms with Gasteiger partial charge in [-0.3, -0.25) is 4.79 Å². The molecule has 2 aliphatic rings. The number of hydrogen-bond donors (Lipinski definition) is 3. The van der Waals surface area contributed by atoms with Gasteiger partial charge in [-0.15, -0.1) is 0 Å². The summed E-state index contributed by atoms with van der Waals surface area (Å²) in [6.07, 6.45) is 5.42. The molecule has 1 saturated heterocycles. The van der Waals surface area contributed by atoms with Crippen molar-refractivity contribution >= 4 is 17.3 Å². The van der Waals surface area contributed by atoms with Gasteiger partial charge in [-0.2, -0.15) is 0 Å². The maximum atomic E-state index is 11.6. The molecule has 3 rings (SSSR count). The topological polar surface area (TPSA) is 83.3 Å². The second-order valence-corrected chi connectivity index (χ2v) is 5.45. The zero-order valence-electron chi connectivity index (χ0n) is 12.1. The van der Waals surface area contributed by atoms with E-state index >= 15 is 0 Å². The minimum Gasteiger partial charge on any atom is -0.365 e.